The zero-order valence-corrected chi connectivity index (χ0v) is 18.7. The predicted octanol–water partition coefficient (Wildman–Crippen LogP) is 3.91. The molecule has 1 unspecified atom stereocenters. The fourth-order valence-corrected chi connectivity index (χ4v) is 4.21. The molecule has 0 saturated heterocycles. The van der Waals surface area contributed by atoms with Gasteiger partial charge < -0.3 is 19.7 Å². The maximum Gasteiger partial charge on any atom is 0.251 e. The van der Waals surface area contributed by atoms with Gasteiger partial charge in [0.25, 0.3) is 5.91 Å². The van der Waals surface area contributed by atoms with Crippen molar-refractivity contribution in [2.24, 2.45) is 5.92 Å². The normalized spacial score (nSPS) is 22.4. The maximum atomic E-state index is 13.2. The summed E-state index contributed by atoms with van der Waals surface area (Å²) in [6, 6.07) is 4.22. The molecule has 1 atom stereocenters. The number of benzene rings is 1. The van der Waals surface area contributed by atoms with Gasteiger partial charge in [-0.05, 0) is 68.2 Å². The molecule has 1 amide bonds. The van der Waals surface area contributed by atoms with Crippen LogP contribution in [-0.4, -0.2) is 44.9 Å². The third-order valence-electron chi connectivity index (χ3n) is 6.80. The topological polar surface area (TPSA) is 76.4 Å². The third kappa shape index (κ3) is 4.91. The maximum absolute atomic E-state index is 13.2. The highest BCUT2D eigenvalue weighted by Gasteiger charge is 2.29. The van der Waals surface area contributed by atoms with Crippen LogP contribution < -0.4 is 5.32 Å². The van der Waals surface area contributed by atoms with Crippen molar-refractivity contribution in [3.8, 4) is 5.69 Å². The number of aliphatic hydroxyl groups is 1. The second-order valence-corrected chi connectivity index (χ2v) is 9.41. The lowest BCUT2D eigenvalue weighted by atomic mass is 9.91. The van der Waals surface area contributed by atoms with E-state index in [1.807, 2.05) is 37.6 Å². The number of nitrogens with one attached hydrogen (secondary N) is 1. The van der Waals surface area contributed by atoms with Crippen molar-refractivity contribution >= 4 is 12.0 Å². The molecule has 0 spiro atoms. The Morgan fingerprint density at radius 3 is 2.77 bits per heavy atom. The van der Waals surface area contributed by atoms with Gasteiger partial charge in [-0.15, -0.1) is 0 Å². The number of allylic oxidation sites excluding steroid dienone is 1. The van der Waals surface area contributed by atoms with Crippen molar-refractivity contribution in [3.05, 3.63) is 53.6 Å². The van der Waals surface area contributed by atoms with Crippen molar-refractivity contribution in [3.63, 3.8) is 0 Å². The monoisotopic (exact) mass is 423 g/mol. The van der Waals surface area contributed by atoms with E-state index in [0.717, 1.165) is 54.5 Å². The summed E-state index contributed by atoms with van der Waals surface area (Å²) in [7, 11) is 0. The first-order valence-corrected chi connectivity index (χ1v) is 11.3. The third-order valence-corrected chi connectivity index (χ3v) is 6.80. The van der Waals surface area contributed by atoms with Crippen LogP contribution in [-0.2, 0) is 11.2 Å². The van der Waals surface area contributed by atoms with Gasteiger partial charge in [0, 0.05) is 29.7 Å². The first kappa shape index (κ1) is 21.8. The minimum atomic E-state index is -0.806. The van der Waals surface area contributed by atoms with Crippen LogP contribution in [0.3, 0.4) is 0 Å². The highest BCUT2D eigenvalue weighted by molar-refractivity contribution is 5.98. The fourth-order valence-electron chi connectivity index (χ4n) is 4.21. The van der Waals surface area contributed by atoms with E-state index >= 15 is 0 Å². The summed E-state index contributed by atoms with van der Waals surface area (Å²) in [5, 5.41) is 13.6. The Kier molecular flexibility index (Phi) is 6.30. The number of nitrogens with zero attached hydrogens (tertiary/aromatic N) is 2. The van der Waals surface area contributed by atoms with E-state index in [4.69, 9.17) is 4.74 Å². The Bertz CT molecular complexity index is 939. The van der Waals surface area contributed by atoms with Crippen molar-refractivity contribution in [1.82, 2.24) is 14.9 Å². The zero-order valence-electron chi connectivity index (χ0n) is 18.7. The Balaban J connectivity index is 1.37. The molecule has 6 heteroatoms. The van der Waals surface area contributed by atoms with Gasteiger partial charge in [-0.3, -0.25) is 4.79 Å². The number of imidazole rings is 1. The number of hydrogen-bond acceptors (Lipinski definition) is 4. The molecule has 2 aromatic rings. The van der Waals surface area contributed by atoms with Gasteiger partial charge in [-0.1, -0.05) is 26.0 Å². The molecule has 166 valence electrons. The van der Waals surface area contributed by atoms with E-state index in [0.29, 0.717) is 6.61 Å². The van der Waals surface area contributed by atoms with Crippen LogP contribution in [0.15, 0.2) is 36.9 Å². The molecular weight excluding hydrogens is 390 g/mol. The Hall–Kier alpha value is -2.44. The van der Waals surface area contributed by atoms with Crippen LogP contribution >= 0.6 is 0 Å². The van der Waals surface area contributed by atoms with Gasteiger partial charge in [0.15, 0.2) is 0 Å². The zero-order chi connectivity index (χ0) is 22.0. The molecule has 0 bridgehead atoms. The largest absolute Gasteiger partial charge is 0.388 e. The average Bonchev–Trinajstić information content (AvgIpc) is 3.44. The van der Waals surface area contributed by atoms with Gasteiger partial charge in [-0.2, -0.15) is 0 Å². The summed E-state index contributed by atoms with van der Waals surface area (Å²) >= 11 is 0. The molecule has 31 heavy (non-hydrogen) atoms. The van der Waals surface area contributed by atoms with Gasteiger partial charge in [0.05, 0.1) is 24.6 Å². The molecule has 0 aliphatic heterocycles. The molecule has 2 N–H and O–H groups in total. The first-order chi connectivity index (χ1) is 14.8. The Morgan fingerprint density at radius 2 is 2.10 bits per heavy atom. The summed E-state index contributed by atoms with van der Waals surface area (Å²) in [6.07, 6.45) is 14.1. The molecule has 6 nitrogen and oxygen atoms in total. The molecule has 1 fully saturated rings. The standard InChI is InChI=1S/C25H33N3O3/c1-17(2)25(3,30)15-31-21-9-7-19(8-10-21)27-24(29)23-14-20(28-12-11-26-16-28)13-18-5-4-6-22(18)23/h4-5,11-14,16-17,19,21,30H,6-10,15H2,1-3H3,(H,27,29). The Morgan fingerprint density at radius 1 is 1.32 bits per heavy atom. The number of carbonyl (C=O) groups excluding carboxylic acids is 1. The number of rotatable bonds is 7. The SMILES string of the molecule is CC(C)C(C)(O)COC1CCC(NC(=O)c2cc(-n3ccnc3)cc3c2CC=C3)CC1. The van der Waals surface area contributed by atoms with E-state index in [-0.39, 0.29) is 24.0 Å². The molecule has 2 aliphatic carbocycles. The molecular formula is C25H33N3O3. The molecule has 1 aromatic carbocycles. The summed E-state index contributed by atoms with van der Waals surface area (Å²) < 4.78 is 7.91. The number of carbonyl (C=O) groups is 1. The lowest BCUT2D eigenvalue weighted by Gasteiger charge is -2.33. The molecule has 1 aromatic heterocycles. The summed E-state index contributed by atoms with van der Waals surface area (Å²) in [4.78, 5) is 17.3. The van der Waals surface area contributed by atoms with Crippen molar-refractivity contribution in [2.75, 3.05) is 6.61 Å². The second kappa shape index (κ2) is 8.97. The number of ether oxygens (including phenoxy) is 1. The molecule has 2 aliphatic rings. The van der Waals surface area contributed by atoms with Crippen molar-refractivity contribution < 1.29 is 14.6 Å². The number of hydrogen-bond donors (Lipinski definition) is 2. The summed E-state index contributed by atoms with van der Waals surface area (Å²) in [5.41, 5.74) is 3.08. The van der Waals surface area contributed by atoms with E-state index in [9.17, 15) is 9.90 Å². The smallest absolute Gasteiger partial charge is 0.251 e. The minimum Gasteiger partial charge on any atom is -0.388 e. The van der Waals surface area contributed by atoms with E-state index in [1.165, 1.54) is 0 Å². The van der Waals surface area contributed by atoms with Crippen molar-refractivity contribution in [1.29, 1.82) is 0 Å². The van der Waals surface area contributed by atoms with Crippen LogP contribution in [0, 0.1) is 5.92 Å². The van der Waals surface area contributed by atoms with Gasteiger partial charge in [-0.25, -0.2) is 4.98 Å². The van der Waals surface area contributed by atoms with Crippen LogP contribution in [0.4, 0.5) is 0 Å². The minimum absolute atomic E-state index is 0.00553. The first-order valence-electron chi connectivity index (χ1n) is 11.3. The van der Waals surface area contributed by atoms with Crippen LogP contribution in [0.5, 0.6) is 0 Å². The number of fused-ring (bicyclic) bond motifs is 1. The molecule has 4 rings (SSSR count). The highest BCUT2D eigenvalue weighted by Crippen LogP contribution is 2.28. The van der Waals surface area contributed by atoms with Crippen molar-refractivity contribution in [2.45, 2.75) is 70.6 Å². The van der Waals surface area contributed by atoms with Crippen LogP contribution in [0.25, 0.3) is 11.8 Å². The average molecular weight is 424 g/mol. The quantitative estimate of drug-likeness (QED) is 0.708. The summed E-state index contributed by atoms with van der Waals surface area (Å²) in [6.45, 7) is 6.19. The van der Waals surface area contributed by atoms with E-state index in [1.54, 1.807) is 12.5 Å². The van der Waals surface area contributed by atoms with E-state index in [2.05, 4.69) is 28.5 Å². The van der Waals surface area contributed by atoms with Crippen LogP contribution in [0.1, 0.15) is 67.9 Å². The molecule has 1 heterocycles. The lowest BCUT2D eigenvalue weighted by molar-refractivity contribution is -0.0941. The number of amides is 1. The van der Waals surface area contributed by atoms with Gasteiger partial charge in [0.1, 0.15) is 0 Å². The molecule has 1 saturated carbocycles. The predicted molar refractivity (Wildman–Crippen MR) is 121 cm³/mol. The second-order valence-electron chi connectivity index (χ2n) is 9.41. The lowest BCUT2D eigenvalue weighted by Crippen LogP contribution is -2.42. The summed E-state index contributed by atoms with van der Waals surface area (Å²) in [5.74, 6) is 0.145. The fraction of sp³-hybridized carbons (Fsp3) is 0.520. The molecule has 0 radical (unpaired) electrons. The Labute approximate surface area is 184 Å². The van der Waals surface area contributed by atoms with Gasteiger partial charge in [0.2, 0.25) is 0 Å². The van der Waals surface area contributed by atoms with Crippen LogP contribution in [0.2, 0.25) is 0 Å². The highest BCUT2D eigenvalue weighted by atomic mass is 16.5. The number of aromatic nitrogens is 2. The van der Waals surface area contributed by atoms with E-state index < -0.39 is 5.60 Å². The van der Waals surface area contributed by atoms with Gasteiger partial charge >= 0.3 is 0 Å².